The average molecular weight is 713 g/mol. The van der Waals surface area contributed by atoms with Crippen molar-refractivity contribution < 1.29 is 29.0 Å². The van der Waals surface area contributed by atoms with Crippen LogP contribution >= 0.6 is 0 Å². The Morgan fingerprint density at radius 3 is 2.13 bits per heavy atom. The molecule has 0 aliphatic carbocycles. The maximum atomic E-state index is 13.1. The molecule has 0 bridgehead atoms. The van der Waals surface area contributed by atoms with Gasteiger partial charge in [0.2, 0.25) is 11.8 Å². The zero-order valence-corrected chi connectivity index (χ0v) is 29.9. The summed E-state index contributed by atoms with van der Waals surface area (Å²) in [5, 5.41) is 12.2. The van der Waals surface area contributed by atoms with Gasteiger partial charge >= 0.3 is 0 Å². The first-order valence-electron chi connectivity index (χ1n) is 18.4. The number of anilines is 1. The van der Waals surface area contributed by atoms with Gasteiger partial charge in [-0.3, -0.25) is 34.3 Å². The lowest BCUT2D eigenvalue weighted by molar-refractivity contribution is -0.136. The summed E-state index contributed by atoms with van der Waals surface area (Å²) in [6.45, 7) is 7.46. The van der Waals surface area contributed by atoms with Crippen LogP contribution in [0.15, 0.2) is 97.1 Å². The molecule has 4 aromatic carbocycles. The second-order valence-corrected chi connectivity index (χ2v) is 13.7. The number of carbonyl (C=O) groups excluding carboxylic acids is 4. The summed E-state index contributed by atoms with van der Waals surface area (Å²) in [6, 6.07) is 30.7. The summed E-state index contributed by atoms with van der Waals surface area (Å²) < 4.78 is 5.95. The van der Waals surface area contributed by atoms with Crippen molar-refractivity contribution in [1.29, 1.82) is 0 Å². The highest BCUT2D eigenvalue weighted by Crippen LogP contribution is 2.36. The van der Waals surface area contributed by atoms with Gasteiger partial charge in [0.15, 0.2) is 0 Å². The molecule has 1 unspecified atom stereocenters. The van der Waals surface area contributed by atoms with Crippen molar-refractivity contribution in [2.45, 2.75) is 45.1 Å². The number of piperazine rings is 1. The number of hydrogen-bond donors (Lipinski definition) is 2. The number of amides is 4. The normalized spacial score (nSPS) is 18.2. The highest BCUT2D eigenvalue weighted by molar-refractivity contribution is 6.23. The Balaban J connectivity index is 0.895. The minimum absolute atomic E-state index is 0.0833. The molecule has 10 nitrogen and oxygen atoms in total. The molecular formula is C43H44N4O6. The van der Waals surface area contributed by atoms with Crippen LogP contribution in [0, 0.1) is 0 Å². The topological polar surface area (TPSA) is 119 Å². The Hall–Kier alpha value is -5.74. The molecule has 1 atom stereocenters. The standard InChI is InChI=1S/C43H44N4O6/c1-2-35(29-8-4-3-5-9-29)40(31-12-16-33(48)17-13-31)30-10-14-32(15-11-30)46-25-23-45(24-26-46)22-6-7-27-53-34-18-19-36-37(28-34)43(52)47(42(36)51)38-20-21-39(49)44-41(38)50/h3-5,8-19,28,38,48H,2,6-7,20-27H2,1H3,(H,44,49,50)/b40-35+. The van der Waals surface area contributed by atoms with E-state index in [4.69, 9.17) is 4.74 Å². The van der Waals surface area contributed by atoms with Crippen molar-refractivity contribution in [1.82, 2.24) is 15.1 Å². The van der Waals surface area contributed by atoms with Crippen molar-refractivity contribution in [3.8, 4) is 11.5 Å². The fourth-order valence-corrected chi connectivity index (χ4v) is 7.54. The Bertz CT molecular complexity index is 2020. The molecule has 2 N–H and O–H groups in total. The summed E-state index contributed by atoms with van der Waals surface area (Å²) in [5.74, 6) is -1.32. The Kier molecular flexibility index (Phi) is 10.7. The highest BCUT2D eigenvalue weighted by atomic mass is 16.5. The fraction of sp³-hybridized carbons (Fsp3) is 0.302. The maximum Gasteiger partial charge on any atom is 0.262 e. The number of ether oxygens (including phenoxy) is 1. The highest BCUT2D eigenvalue weighted by Gasteiger charge is 2.44. The van der Waals surface area contributed by atoms with Crippen LogP contribution in [0.3, 0.4) is 0 Å². The molecule has 53 heavy (non-hydrogen) atoms. The summed E-state index contributed by atoms with van der Waals surface area (Å²) in [4.78, 5) is 55.8. The van der Waals surface area contributed by atoms with E-state index >= 15 is 0 Å². The van der Waals surface area contributed by atoms with E-state index < -0.39 is 29.7 Å². The molecule has 3 heterocycles. The SMILES string of the molecule is CC/C(=C(\c1ccc(O)cc1)c1ccc(N2CCN(CCCCOc3ccc4c(c3)C(=O)N(C3CCC(=O)NC3=O)C4=O)CC2)cc1)c1ccccc1. The van der Waals surface area contributed by atoms with Crippen molar-refractivity contribution in [2.75, 3.05) is 44.2 Å². The van der Waals surface area contributed by atoms with Gasteiger partial charge in [-0.15, -0.1) is 0 Å². The van der Waals surface area contributed by atoms with Gasteiger partial charge in [-0.05, 0) is 103 Å². The monoisotopic (exact) mass is 712 g/mol. The first-order chi connectivity index (χ1) is 25.8. The van der Waals surface area contributed by atoms with Crippen LogP contribution in [0.5, 0.6) is 11.5 Å². The third kappa shape index (κ3) is 7.73. The number of allylic oxidation sites excluding steroid dienone is 1. The third-order valence-electron chi connectivity index (χ3n) is 10.4. The van der Waals surface area contributed by atoms with Gasteiger partial charge in [-0.1, -0.05) is 61.5 Å². The van der Waals surface area contributed by atoms with Gasteiger partial charge in [-0.2, -0.15) is 0 Å². The summed E-state index contributed by atoms with van der Waals surface area (Å²) in [6.07, 6.45) is 2.89. The molecule has 4 amide bonds. The number of aromatic hydroxyl groups is 1. The number of fused-ring (bicyclic) bond motifs is 1. The van der Waals surface area contributed by atoms with E-state index in [9.17, 15) is 24.3 Å². The number of piperidine rings is 1. The lowest BCUT2D eigenvalue weighted by Gasteiger charge is -2.36. The van der Waals surface area contributed by atoms with Crippen molar-refractivity contribution in [3.63, 3.8) is 0 Å². The molecule has 0 aromatic heterocycles. The van der Waals surface area contributed by atoms with Crippen molar-refractivity contribution in [3.05, 3.63) is 125 Å². The summed E-state index contributed by atoms with van der Waals surface area (Å²) in [7, 11) is 0. The molecule has 10 heteroatoms. The number of nitrogens with one attached hydrogen (secondary N) is 1. The quantitative estimate of drug-likeness (QED) is 0.102. The van der Waals surface area contributed by atoms with Gasteiger partial charge in [0, 0.05) is 38.3 Å². The van der Waals surface area contributed by atoms with Crippen LogP contribution in [0.25, 0.3) is 11.1 Å². The molecule has 3 aliphatic heterocycles. The van der Waals surface area contributed by atoms with Gasteiger partial charge in [0.05, 0.1) is 17.7 Å². The molecule has 7 rings (SSSR count). The van der Waals surface area contributed by atoms with E-state index in [0.29, 0.717) is 12.4 Å². The average Bonchev–Trinajstić information content (AvgIpc) is 3.42. The minimum atomic E-state index is -0.987. The van der Waals surface area contributed by atoms with Gasteiger partial charge < -0.3 is 14.7 Å². The first kappa shape index (κ1) is 35.7. The Morgan fingerprint density at radius 1 is 0.774 bits per heavy atom. The van der Waals surface area contributed by atoms with E-state index in [1.54, 1.807) is 30.3 Å². The molecule has 2 fully saturated rings. The van der Waals surface area contributed by atoms with Crippen LogP contribution in [-0.4, -0.2) is 83.9 Å². The van der Waals surface area contributed by atoms with E-state index in [-0.39, 0.29) is 29.7 Å². The zero-order valence-electron chi connectivity index (χ0n) is 29.9. The number of nitrogens with zero attached hydrogens (tertiary/aromatic N) is 3. The number of imide groups is 2. The number of phenols is 1. The van der Waals surface area contributed by atoms with Crippen LogP contribution in [0.4, 0.5) is 5.69 Å². The fourth-order valence-electron chi connectivity index (χ4n) is 7.54. The number of hydrogen-bond acceptors (Lipinski definition) is 8. The van der Waals surface area contributed by atoms with Gasteiger partial charge in [-0.25, -0.2) is 0 Å². The molecule has 0 radical (unpaired) electrons. The summed E-state index contributed by atoms with van der Waals surface area (Å²) in [5.41, 5.74) is 7.53. The largest absolute Gasteiger partial charge is 0.508 e. The lowest BCUT2D eigenvalue weighted by Crippen LogP contribution is -2.54. The van der Waals surface area contributed by atoms with E-state index in [1.807, 2.05) is 18.2 Å². The number of unbranched alkanes of at least 4 members (excludes halogenated alkanes) is 1. The van der Waals surface area contributed by atoms with Gasteiger partial charge in [0.25, 0.3) is 11.8 Å². The minimum Gasteiger partial charge on any atom is -0.508 e. The number of benzene rings is 4. The molecule has 272 valence electrons. The molecular weight excluding hydrogens is 668 g/mol. The van der Waals surface area contributed by atoms with Crippen molar-refractivity contribution >= 4 is 40.5 Å². The number of phenolic OH excluding ortho intramolecular Hbond substituents is 1. The van der Waals surface area contributed by atoms with Crippen LogP contribution in [0.1, 0.15) is 76.4 Å². The lowest BCUT2D eigenvalue weighted by atomic mass is 9.88. The van der Waals surface area contributed by atoms with E-state index in [0.717, 1.165) is 68.0 Å². The molecule has 0 saturated carbocycles. The van der Waals surface area contributed by atoms with Crippen LogP contribution < -0.4 is 15.0 Å². The van der Waals surface area contributed by atoms with Crippen molar-refractivity contribution in [2.24, 2.45) is 0 Å². The predicted molar refractivity (Wildman–Crippen MR) is 204 cm³/mol. The van der Waals surface area contributed by atoms with Gasteiger partial charge in [0.1, 0.15) is 17.5 Å². The molecule has 3 aliphatic rings. The molecule has 2 saturated heterocycles. The second kappa shape index (κ2) is 15.9. The third-order valence-corrected chi connectivity index (χ3v) is 10.4. The first-order valence-corrected chi connectivity index (χ1v) is 18.4. The second-order valence-electron chi connectivity index (χ2n) is 13.7. The van der Waals surface area contributed by atoms with Crippen LogP contribution in [0.2, 0.25) is 0 Å². The molecule has 4 aromatic rings. The van der Waals surface area contributed by atoms with E-state index in [1.165, 1.54) is 22.4 Å². The zero-order chi connectivity index (χ0) is 36.9. The van der Waals surface area contributed by atoms with Crippen LogP contribution in [-0.2, 0) is 9.59 Å². The number of rotatable bonds is 12. The Morgan fingerprint density at radius 2 is 1.45 bits per heavy atom. The predicted octanol–water partition coefficient (Wildman–Crippen LogP) is 6.14. The summed E-state index contributed by atoms with van der Waals surface area (Å²) >= 11 is 0. The number of carbonyl (C=O) groups is 4. The smallest absolute Gasteiger partial charge is 0.262 e. The Labute approximate surface area is 309 Å². The maximum absolute atomic E-state index is 13.1. The molecule has 0 spiro atoms. The van der Waals surface area contributed by atoms with E-state index in [2.05, 4.69) is 70.6 Å².